The maximum atomic E-state index is 12.1. The quantitative estimate of drug-likeness (QED) is 0.407. The number of rotatable bonds is 9. The van der Waals surface area contributed by atoms with Crippen molar-refractivity contribution in [1.29, 1.82) is 0 Å². The zero-order chi connectivity index (χ0) is 17.2. The molecule has 5 nitrogen and oxygen atoms in total. The lowest BCUT2D eigenvalue weighted by Crippen LogP contribution is -2.47. The minimum atomic E-state index is -1.63. The van der Waals surface area contributed by atoms with Crippen LogP contribution in [0.5, 0.6) is 0 Å². The molecular formula is C17H26BNO4. The van der Waals surface area contributed by atoms with Crippen LogP contribution in [0.2, 0.25) is 0 Å². The first-order valence-corrected chi connectivity index (χ1v) is 8.01. The standard InChI is InChI=1S/C17H26BNO4/c1-3-7-15(20)12-13(2)17(21)19-16(18(22)23)11-10-14-8-5-4-6-9-14/h4-6,8-9,12,15-16,20,22-23H,3,7,10-11H2,1-2H3,(H,19,21)/b13-12+/t15-,16+/m1/s1. The molecule has 23 heavy (non-hydrogen) atoms. The molecule has 0 radical (unpaired) electrons. The van der Waals surface area contributed by atoms with Gasteiger partial charge in [-0.05, 0) is 37.8 Å². The molecule has 0 spiro atoms. The number of aryl methyl sites for hydroxylation is 1. The third kappa shape index (κ3) is 7.46. The van der Waals surface area contributed by atoms with Gasteiger partial charge in [0.25, 0.3) is 0 Å². The number of aliphatic hydroxyl groups excluding tert-OH is 1. The van der Waals surface area contributed by atoms with Gasteiger partial charge in [0.15, 0.2) is 0 Å². The highest BCUT2D eigenvalue weighted by Crippen LogP contribution is 2.08. The van der Waals surface area contributed by atoms with E-state index in [1.807, 2.05) is 37.3 Å². The maximum Gasteiger partial charge on any atom is 0.475 e. The molecule has 6 heteroatoms. The fraction of sp³-hybridized carbons (Fsp3) is 0.471. The highest BCUT2D eigenvalue weighted by molar-refractivity contribution is 6.43. The van der Waals surface area contributed by atoms with Crippen LogP contribution in [-0.2, 0) is 11.2 Å². The van der Waals surface area contributed by atoms with E-state index < -0.39 is 25.1 Å². The minimum absolute atomic E-state index is 0.372. The first kappa shape index (κ1) is 19.4. The van der Waals surface area contributed by atoms with E-state index in [1.54, 1.807) is 6.92 Å². The largest absolute Gasteiger partial charge is 0.475 e. The number of amides is 1. The monoisotopic (exact) mass is 319 g/mol. The van der Waals surface area contributed by atoms with Crippen molar-refractivity contribution in [3.63, 3.8) is 0 Å². The van der Waals surface area contributed by atoms with Gasteiger partial charge in [0.1, 0.15) is 0 Å². The zero-order valence-corrected chi connectivity index (χ0v) is 13.8. The topological polar surface area (TPSA) is 89.8 Å². The number of benzene rings is 1. The summed E-state index contributed by atoms with van der Waals surface area (Å²) in [6, 6.07) is 9.66. The van der Waals surface area contributed by atoms with Crippen LogP contribution < -0.4 is 5.32 Å². The molecule has 0 aliphatic rings. The average Bonchev–Trinajstić information content (AvgIpc) is 2.52. The van der Waals surface area contributed by atoms with Gasteiger partial charge < -0.3 is 20.5 Å². The molecule has 0 unspecified atom stereocenters. The summed E-state index contributed by atoms with van der Waals surface area (Å²) in [5, 5.41) is 31.2. The zero-order valence-electron chi connectivity index (χ0n) is 13.8. The Balaban J connectivity index is 2.59. The van der Waals surface area contributed by atoms with E-state index in [0.717, 1.165) is 12.0 Å². The van der Waals surface area contributed by atoms with Crippen LogP contribution in [0.3, 0.4) is 0 Å². The van der Waals surface area contributed by atoms with Gasteiger partial charge in [-0.15, -0.1) is 0 Å². The van der Waals surface area contributed by atoms with Gasteiger partial charge in [0, 0.05) is 5.57 Å². The van der Waals surface area contributed by atoms with Crippen LogP contribution in [0.1, 0.15) is 38.7 Å². The molecule has 0 fully saturated rings. The summed E-state index contributed by atoms with van der Waals surface area (Å²) in [5.41, 5.74) is 1.44. The molecule has 4 N–H and O–H groups in total. The van der Waals surface area contributed by atoms with Crippen LogP contribution in [0.15, 0.2) is 42.0 Å². The second-order valence-corrected chi connectivity index (χ2v) is 5.72. The van der Waals surface area contributed by atoms with Crippen molar-refractivity contribution in [2.45, 2.75) is 51.6 Å². The molecule has 0 aliphatic heterocycles. The Kier molecular flexibility index (Phi) is 8.62. The Hall–Kier alpha value is -1.63. The molecule has 0 aliphatic carbocycles. The number of aliphatic hydroxyl groups is 1. The fourth-order valence-electron chi connectivity index (χ4n) is 2.29. The Labute approximate surface area is 138 Å². The lowest BCUT2D eigenvalue weighted by Gasteiger charge is -2.18. The number of hydrogen-bond acceptors (Lipinski definition) is 4. The maximum absolute atomic E-state index is 12.1. The van der Waals surface area contributed by atoms with Crippen molar-refractivity contribution in [3.8, 4) is 0 Å². The van der Waals surface area contributed by atoms with Crippen LogP contribution in [0.4, 0.5) is 0 Å². The third-order valence-corrected chi connectivity index (χ3v) is 3.65. The molecule has 1 aromatic carbocycles. The molecular weight excluding hydrogens is 293 g/mol. The molecule has 1 aromatic rings. The molecule has 126 valence electrons. The van der Waals surface area contributed by atoms with E-state index in [9.17, 15) is 19.9 Å². The van der Waals surface area contributed by atoms with Crippen molar-refractivity contribution in [1.82, 2.24) is 5.32 Å². The van der Waals surface area contributed by atoms with Gasteiger partial charge in [-0.2, -0.15) is 0 Å². The van der Waals surface area contributed by atoms with E-state index in [-0.39, 0.29) is 0 Å². The van der Waals surface area contributed by atoms with E-state index in [2.05, 4.69) is 5.32 Å². The van der Waals surface area contributed by atoms with Crippen LogP contribution in [0, 0.1) is 0 Å². The summed E-state index contributed by atoms with van der Waals surface area (Å²) in [4.78, 5) is 12.1. The van der Waals surface area contributed by atoms with E-state index in [0.29, 0.717) is 24.8 Å². The predicted octanol–water partition coefficient (Wildman–Crippen LogP) is 1.22. The summed E-state index contributed by atoms with van der Waals surface area (Å²) in [5.74, 6) is -1.15. The third-order valence-electron chi connectivity index (χ3n) is 3.65. The molecule has 2 atom stereocenters. The Morgan fingerprint density at radius 3 is 2.48 bits per heavy atom. The molecule has 1 rings (SSSR count). The second-order valence-electron chi connectivity index (χ2n) is 5.72. The summed E-state index contributed by atoms with van der Waals surface area (Å²) >= 11 is 0. The van der Waals surface area contributed by atoms with Gasteiger partial charge in [-0.1, -0.05) is 43.7 Å². The Morgan fingerprint density at radius 2 is 1.91 bits per heavy atom. The first-order chi connectivity index (χ1) is 10.9. The van der Waals surface area contributed by atoms with Crippen molar-refractivity contribution in [2.24, 2.45) is 0 Å². The molecule has 0 saturated carbocycles. The molecule has 0 heterocycles. The Morgan fingerprint density at radius 1 is 1.26 bits per heavy atom. The SMILES string of the molecule is CCC[C@@H](O)/C=C(\C)C(=O)N[C@@H](CCc1ccccc1)B(O)O. The van der Waals surface area contributed by atoms with E-state index >= 15 is 0 Å². The van der Waals surface area contributed by atoms with E-state index in [1.165, 1.54) is 6.08 Å². The van der Waals surface area contributed by atoms with Gasteiger partial charge in [-0.3, -0.25) is 4.79 Å². The van der Waals surface area contributed by atoms with Crippen molar-refractivity contribution in [2.75, 3.05) is 0 Å². The number of nitrogens with one attached hydrogen (secondary N) is 1. The van der Waals surface area contributed by atoms with Crippen molar-refractivity contribution in [3.05, 3.63) is 47.5 Å². The first-order valence-electron chi connectivity index (χ1n) is 8.01. The van der Waals surface area contributed by atoms with Crippen LogP contribution in [-0.4, -0.2) is 40.2 Å². The number of hydrogen-bond donors (Lipinski definition) is 4. The smallest absolute Gasteiger partial charge is 0.426 e. The minimum Gasteiger partial charge on any atom is -0.426 e. The normalized spacial score (nSPS) is 14.2. The van der Waals surface area contributed by atoms with Crippen molar-refractivity contribution < 1.29 is 19.9 Å². The average molecular weight is 319 g/mol. The van der Waals surface area contributed by atoms with Crippen molar-refractivity contribution >= 4 is 13.0 Å². The van der Waals surface area contributed by atoms with Crippen LogP contribution >= 0.6 is 0 Å². The molecule has 1 amide bonds. The Bertz CT molecular complexity index is 505. The van der Waals surface area contributed by atoms with Gasteiger partial charge in [-0.25, -0.2) is 0 Å². The molecule has 0 aromatic heterocycles. The lowest BCUT2D eigenvalue weighted by molar-refractivity contribution is -0.117. The summed E-state index contributed by atoms with van der Waals surface area (Å²) < 4.78 is 0. The van der Waals surface area contributed by atoms with Gasteiger partial charge >= 0.3 is 7.12 Å². The highest BCUT2D eigenvalue weighted by Gasteiger charge is 2.25. The fourth-order valence-corrected chi connectivity index (χ4v) is 2.29. The highest BCUT2D eigenvalue weighted by atomic mass is 16.4. The van der Waals surface area contributed by atoms with Crippen LogP contribution in [0.25, 0.3) is 0 Å². The number of carbonyl (C=O) groups is 1. The molecule has 0 bridgehead atoms. The van der Waals surface area contributed by atoms with E-state index in [4.69, 9.17) is 0 Å². The predicted molar refractivity (Wildman–Crippen MR) is 91.6 cm³/mol. The van der Waals surface area contributed by atoms with Gasteiger partial charge in [0.2, 0.25) is 5.91 Å². The summed E-state index contributed by atoms with van der Waals surface area (Å²) in [6.45, 7) is 3.56. The molecule has 0 saturated heterocycles. The summed E-state index contributed by atoms with van der Waals surface area (Å²) in [7, 11) is -1.63. The lowest BCUT2D eigenvalue weighted by atomic mass is 9.76. The summed E-state index contributed by atoms with van der Waals surface area (Å²) in [6.07, 6.45) is 3.29. The van der Waals surface area contributed by atoms with Gasteiger partial charge in [0.05, 0.1) is 12.0 Å². The second kappa shape index (κ2) is 10.2. The number of carbonyl (C=O) groups excluding carboxylic acids is 1.